The molecule has 0 saturated carbocycles. The number of hydrogen-bond donors (Lipinski definition) is 0. The zero-order chi connectivity index (χ0) is 28.9. The lowest BCUT2D eigenvalue weighted by molar-refractivity contribution is 0.781. The van der Waals surface area contributed by atoms with E-state index in [0.717, 1.165) is 0 Å². The molecule has 0 aliphatic rings. The molecule has 36 heavy (non-hydrogen) atoms. The lowest BCUT2D eigenvalue weighted by Gasteiger charge is -2.39. The standard InChI is InChI=1S/C32H64P2Si2/c1-25(2)35(26(3)4,27(5)6)23-21-33(31(13,14)15)19-20-34(32(16,17)18)22-24-36(28(7)8,29(9)10)30(11)12/h25-30H,19-20H2,1-18H3/t33-,34?/m1/s1. The molecule has 0 aromatic rings. The van der Waals surface area contributed by atoms with Gasteiger partial charge in [0.2, 0.25) is 0 Å². The van der Waals surface area contributed by atoms with E-state index in [9.17, 15) is 0 Å². The highest BCUT2D eigenvalue weighted by atomic mass is 31.1. The second-order valence-corrected chi connectivity index (χ2v) is 31.8. The largest absolute Gasteiger partial charge is 0.146 e. The molecule has 0 N–H and O–H groups in total. The van der Waals surface area contributed by atoms with E-state index in [-0.39, 0.29) is 26.2 Å². The number of rotatable bonds is 9. The SMILES string of the molecule is CC(C)[Si](C#CP(CC[P@](C#C[Si](C(C)C)(C(C)C)C(C)C)C(C)(C)C)C(C)(C)C)(C(C)C)C(C)C. The van der Waals surface area contributed by atoms with Crippen LogP contribution in [0.15, 0.2) is 0 Å². The summed E-state index contributed by atoms with van der Waals surface area (Å²) in [6.45, 7) is 43.8. The van der Waals surface area contributed by atoms with E-state index in [4.69, 9.17) is 0 Å². The van der Waals surface area contributed by atoms with Crippen molar-refractivity contribution in [1.29, 1.82) is 0 Å². The molecule has 0 saturated heterocycles. The average Bonchev–Trinajstić information content (AvgIpc) is 2.65. The van der Waals surface area contributed by atoms with Crippen LogP contribution in [0, 0.1) is 22.4 Å². The summed E-state index contributed by atoms with van der Waals surface area (Å²) in [4.78, 5) is 0. The molecule has 0 aromatic heterocycles. The minimum atomic E-state index is -1.70. The van der Waals surface area contributed by atoms with E-state index in [0.29, 0.717) is 33.2 Å². The van der Waals surface area contributed by atoms with Crippen molar-refractivity contribution in [2.75, 3.05) is 12.3 Å². The van der Waals surface area contributed by atoms with Crippen molar-refractivity contribution in [2.24, 2.45) is 0 Å². The van der Waals surface area contributed by atoms with Crippen LogP contribution in [0.25, 0.3) is 0 Å². The van der Waals surface area contributed by atoms with Gasteiger partial charge in [-0.15, -0.1) is 11.1 Å². The van der Waals surface area contributed by atoms with Crippen LogP contribution in [0.5, 0.6) is 0 Å². The van der Waals surface area contributed by atoms with Crippen molar-refractivity contribution < 1.29 is 0 Å². The molecule has 210 valence electrons. The quantitative estimate of drug-likeness (QED) is 0.148. The molecule has 0 aromatic carbocycles. The van der Waals surface area contributed by atoms with Crippen molar-refractivity contribution in [1.82, 2.24) is 0 Å². The fourth-order valence-corrected chi connectivity index (χ4v) is 22.7. The molecule has 0 fully saturated rings. The van der Waals surface area contributed by atoms with Crippen molar-refractivity contribution in [3.63, 3.8) is 0 Å². The van der Waals surface area contributed by atoms with Gasteiger partial charge < -0.3 is 0 Å². The van der Waals surface area contributed by atoms with Gasteiger partial charge in [-0.2, -0.15) is 0 Å². The summed E-state index contributed by atoms with van der Waals surface area (Å²) in [6, 6.07) is 0. The van der Waals surface area contributed by atoms with Crippen LogP contribution < -0.4 is 0 Å². The Morgan fingerprint density at radius 3 is 0.778 bits per heavy atom. The van der Waals surface area contributed by atoms with Crippen molar-refractivity contribution in [3.05, 3.63) is 0 Å². The lowest BCUT2D eigenvalue weighted by Crippen LogP contribution is -2.43. The van der Waals surface area contributed by atoms with Gasteiger partial charge in [-0.05, 0) is 71.7 Å². The summed E-state index contributed by atoms with van der Waals surface area (Å²) in [5, 5.41) is 0.512. The second kappa shape index (κ2) is 14.2. The molecule has 4 heteroatoms. The first-order valence-corrected chi connectivity index (χ1v) is 22.2. The van der Waals surface area contributed by atoms with E-state index < -0.39 is 16.1 Å². The minimum absolute atomic E-state index is 0.256. The first-order chi connectivity index (χ1) is 16.1. The Labute approximate surface area is 234 Å². The summed E-state index contributed by atoms with van der Waals surface area (Å²) in [6.07, 6.45) is 2.48. The molecule has 1 unspecified atom stereocenters. The second-order valence-electron chi connectivity index (χ2n) is 14.9. The summed E-state index contributed by atoms with van der Waals surface area (Å²) in [5.41, 5.74) is 20.4. The zero-order valence-corrected chi connectivity index (χ0v) is 31.6. The van der Waals surface area contributed by atoms with Crippen LogP contribution in [0.2, 0.25) is 33.2 Å². The van der Waals surface area contributed by atoms with Crippen LogP contribution in [0.4, 0.5) is 0 Å². The van der Waals surface area contributed by atoms with Crippen LogP contribution in [0.3, 0.4) is 0 Å². The smallest absolute Gasteiger partial charge is 0.126 e. The lowest BCUT2D eigenvalue weighted by atomic mass is 10.3. The Balaban J connectivity index is 6.41. The Kier molecular flexibility index (Phi) is 14.3. The zero-order valence-electron chi connectivity index (χ0n) is 27.8. The number of hydrogen-bond acceptors (Lipinski definition) is 0. The molecule has 0 nitrogen and oxygen atoms in total. The molecule has 0 bridgehead atoms. The Morgan fingerprint density at radius 1 is 0.444 bits per heavy atom. The van der Waals surface area contributed by atoms with E-state index in [1.165, 1.54) is 12.3 Å². The Hall–Kier alpha value is 0.414. The predicted octanol–water partition coefficient (Wildman–Crippen LogP) is 11.9. The monoisotopic (exact) mass is 566 g/mol. The maximum atomic E-state index is 4.10. The summed E-state index contributed by atoms with van der Waals surface area (Å²) in [7, 11) is -4.13. The molecule has 0 aliphatic heterocycles. The van der Waals surface area contributed by atoms with Gasteiger partial charge in [0.05, 0.1) is 0 Å². The normalized spacial score (nSPS) is 15.4. The highest BCUT2D eigenvalue weighted by molar-refractivity contribution is 7.68. The van der Waals surface area contributed by atoms with Gasteiger partial charge in [-0.1, -0.05) is 136 Å². The van der Waals surface area contributed by atoms with Crippen molar-refractivity contribution in [3.8, 4) is 22.4 Å². The summed E-state index contributed by atoms with van der Waals surface area (Å²) in [5.74, 6) is 0. The van der Waals surface area contributed by atoms with E-state index in [1.807, 2.05) is 0 Å². The van der Waals surface area contributed by atoms with Gasteiger partial charge in [-0.25, -0.2) is 0 Å². The molecule has 0 heterocycles. The predicted molar refractivity (Wildman–Crippen MR) is 181 cm³/mol. The average molecular weight is 567 g/mol. The van der Waals surface area contributed by atoms with E-state index >= 15 is 0 Å². The van der Waals surface area contributed by atoms with Crippen LogP contribution >= 0.6 is 15.8 Å². The molecular weight excluding hydrogens is 502 g/mol. The highest BCUT2D eigenvalue weighted by Gasteiger charge is 2.43. The van der Waals surface area contributed by atoms with Gasteiger partial charge >= 0.3 is 0 Å². The summed E-state index contributed by atoms with van der Waals surface area (Å²) < 4.78 is 0. The highest BCUT2D eigenvalue weighted by Crippen LogP contribution is 2.56. The first kappa shape index (κ1) is 36.4. The third kappa shape index (κ3) is 8.98. The maximum absolute atomic E-state index is 4.10. The topological polar surface area (TPSA) is 0 Å². The van der Waals surface area contributed by atoms with E-state index in [1.54, 1.807) is 0 Å². The van der Waals surface area contributed by atoms with Crippen molar-refractivity contribution >= 4 is 32.0 Å². The molecule has 0 radical (unpaired) electrons. The third-order valence-corrected chi connectivity index (χ3v) is 27.4. The third-order valence-electron chi connectivity index (χ3n) is 8.71. The van der Waals surface area contributed by atoms with Gasteiger partial charge in [0.15, 0.2) is 0 Å². The summed E-state index contributed by atoms with van der Waals surface area (Å²) >= 11 is 0. The fourth-order valence-electron chi connectivity index (χ4n) is 6.51. The van der Waals surface area contributed by atoms with Crippen LogP contribution in [-0.4, -0.2) is 38.8 Å². The first-order valence-electron chi connectivity index (χ1n) is 14.7. The van der Waals surface area contributed by atoms with Crippen LogP contribution in [-0.2, 0) is 0 Å². The molecule has 0 aliphatic carbocycles. The van der Waals surface area contributed by atoms with Gasteiger partial charge in [-0.3, -0.25) is 0 Å². The minimum Gasteiger partial charge on any atom is -0.126 e. The molecule has 0 spiro atoms. The fraction of sp³-hybridized carbons (Fsp3) is 0.875. The Bertz CT molecular complexity index is 675. The van der Waals surface area contributed by atoms with Crippen LogP contribution in [0.1, 0.15) is 125 Å². The van der Waals surface area contributed by atoms with Gasteiger partial charge in [0.25, 0.3) is 0 Å². The molecule has 0 rings (SSSR count). The van der Waals surface area contributed by atoms with Gasteiger partial charge in [0, 0.05) is 0 Å². The maximum Gasteiger partial charge on any atom is 0.146 e. The van der Waals surface area contributed by atoms with E-state index in [2.05, 4.69) is 147 Å². The van der Waals surface area contributed by atoms with Gasteiger partial charge in [0.1, 0.15) is 16.1 Å². The molecule has 2 atom stereocenters. The molecule has 0 amide bonds. The van der Waals surface area contributed by atoms with Crippen molar-refractivity contribution in [2.45, 2.75) is 168 Å². The molecular formula is C32H64P2Si2. The Morgan fingerprint density at radius 2 is 0.639 bits per heavy atom.